The zero-order valence-electron chi connectivity index (χ0n) is 14.4. The van der Waals surface area contributed by atoms with Gasteiger partial charge in [-0.25, -0.2) is 13.9 Å². The van der Waals surface area contributed by atoms with Gasteiger partial charge in [0.05, 0.1) is 12.3 Å². The summed E-state index contributed by atoms with van der Waals surface area (Å²) < 4.78 is 15.0. The van der Waals surface area contributed by atoms with Crippen LogP contribution in [0.15, 0.2) is 30.3 Å². The summed E-state index contributed by atoms with van der Waals surface area (Å²) in [6.45, 7) is 3.86. The van der Waals surface area contributed by atoms with Crippen molar-refractivity contribution >= 4 is 11.8 Å². The van der Waals surface area contributed by atoms with Crippen LogP contribution in [0.25, 0.3) is 5.69 Å². The number of aryl methyl sites for hydroxylation is 1. The van der Waals surface area contributed by atoms with Crippen LogP contribution in [0.4, 0.5) is 15.0 Å². The molecule has 7 heteroatoms. The van der Waals surface area contributed by atoms with E-state index in [1.54, 1.807) is 22.9 Å². The smallest absolute Gasteiger partial charge is 0.320 e. The van der Waals surface area contributed by atoms with Gasteiger partial charge in [0.15, 0.2) is 5.82 Å². The first-order valence-electron chi connectivity index (χ1n) is 8.42. The summed E-state index contributed by atoms with van der Waals surface area (Å²) in [7, 11) is 0. The first-order valence-corrected chi connectivity index (χ1v) is 8.42. The quantitative estimate of drug-likeness (QED) is 0.796. The number of anilines is 1. The third-order valence-corrected chi connectivity index (χ3v) is 4.93. The highest BCUT2D eigenvalue weighted by molar-refractivity contribution is 5.88. The molecule has 2 amide bonds. The van der Waals surface area contributed by atoms with Crippen molar-refractivity contribution < 1.29 is 14.3 Å². The summed E-state index contributed by atoms with van der Waals surface area (Å²) >= 11 is 0. The van der Waals surface area contributed by atoms with Crippen molar-refractivity contribution in [2.75, 3.05) is 11.9 Å². The Hall–Kier alpha value is -2.41. The molecule has 1 fully saturated rings. The van der Waals surface area contributed by atoms with Gasteiger partial charge < -0.3 is 10.4 Å². The van der Waals surface area contributed by atoms with Crippen molar-refractivity contribution in [1.29, 1.82) is 0 Å². The first kappa shape index (κ1) is 17.4. The molecule has 1 aromatic heterocycles. The Kier molecular flexibility index (Phi) is 4.76. The Morgan fingerprint density at radius 3 is 3.00 bits per heavy atom. The maximum atomic E-state index is 13.4. The predicted molar refractivity (Wildman–Crippen MR) is 93.2 cm³/mol. The fourth-order valence-electron chi connectivity index (χ4n) is 3.38. The van der Waals surface area contributed by atoms with Gasteiger partial charge in [0.1, 0.15) is 5.82 Å². The largest absolute Gasteiger partial charge is 0.396 e. The molecule has 25 heavy (non-hydrogen) atoms. The van der Waals surface area contributed by atoms with E-state index in [0.29, 0.717) is 11.5 Å². The van der Waals surface area contributed by atoms with Crippen molar-refractivity contribution in [3.05, 3.63) is 41.8 Å². The summed E-state index contributed by atoms with van der Waals surface area (Å²) in [4.78, 5) is 12.3. The van der Waals surface area contributed by atoms with Crippen molar-refractivity contribution in [2.45, 2.75) is 39.2 Å². The Morgan fingerprint density at radius 2 is 2.28 bits per heavy atom. The average molecular weight is 346 g/mol. The van der Waals surface area contributed by atoms with Crippen molar-refractivity contribution in [3.8, 4) is 5.69 Å². The summed E-state index contributed by atoms with van der Waals surface area (Å²) in [5.74, 6) is 0.0483. The van der Waals surface area contributed by atoms with Crippen LogP contribution >= 0.6 is 0 Å². The van der Waals surface area contributed by atoms with E-state index in [2.05, 4.69) is 15.7 Å². The second-order valence-corrected chi connectivity index (χ2v) is 6.92. The number of benzene rings is 1. The highest BCUT2D eigenvalue weighted by Crippen LogP contribution is 2.37. The summed E-state index contributed by atoms with van der Waals surface area (Å²) in [6, 6.07) is 7.42. The predicted octanol–water partition coefficient (Wildman–Crippen LogP) is 2.99. The number of hydrogen-bond donors (Lipinski definition) is 3. The van der Waals surface area contributed by atoms with Crippen LogP contribution in [0.5, 0.6) is 0 Å². The van der Waals surface area contributed by atoms with E-state index in [1.807, 2.05) is 13.8 Å². The Balaban J connectivity index is 1.69. The third-order valence-electron chi connectivity index (χ3n) is 4.93. The Bertz CT molecular complexity index is 776. The molecule has 1 aliphatic rings. The van der Waals surface area contributed by atoms with Crippen LogP contribution in [0.3, 0.4) is 0 Å². The normalized spacial score (nSPS) is 22.8. The topological polar surface area (TPSA) is 79.2 Å². The molecule has 0 bridgehead atoms. The monoisotopic (exact) mass is 346 g/mol. The average Bonchev–Trinajstić information content (AvgIpc) is 3.11. The van der Waals surface area contributed by atoms with Crippen LogP contribution in [0, 0.1) is 18.2 Å². The number of carbonyl (C=O) groups excluding carboxylic acids is 1. The first-order chi connectivity index (χ1) is 11.9. The van der Waals surface area contributed by atoms with E-state index in [9.17, 15) is 14.3 Å². The van der Waals surface area contributed by atoms with E-state index in [1.165, 1.54) is 12.1 Å². The Morgan fingerprint density at radius 1 is 1.48 bits per heavy atom. The molecule has 1 aromatic carbocycles. The second kappa shape index (κ2) is 6.84. The number of aromatic nitrogens is 2. The van der Waals surface area contributed by atoms with Crippen molar-refractivity contribution in [2.24, 2.45) is 5.41 Å². The molecule has 1 saturated carbocycles. The molecular formula is C18H23FN4O2. The fourth-order valence-corrected chi connectivity index (χ4v) is 3.38. The molecule has 1 heterocycles. The molecule has 134 valence electrons. The van der Waals surface area contributed by atoms with Gasteiger partial charge in [-0.15, -0.1) is 5.10 Å². The van der Waals surface area contributed by atoms with E-state index < -0.39 is 0 Å². The van der Waals surface area contributed by atoms with Gasteiger partial charge in [0.25, 0.3) is 0 Å². The maximum absolute atomic E-state index is 13.4. The number of aliphatic hydroxyl groups excluding tert-OH is 1. The van der Waals surface area contributed by atoms with Gasteiger partial charge in [-0.1, -0.05) is 19.4 Å². The van der Waals surface area contributed by atoms with Crippen molar-refractivity contribution in [1.82, 2.24) is 15.1 Å². The summed E-state index contributed by atoms with van der Waals surface area (Å²) in [6.07, 6.45) is 2.72. The molecule has 1 aliphatic carbocycles. The van der Waals surface area contributed by atoms with E-state index >= 15 is 0 Å². The molecule has 0 saturated heterocycles. The number of halogens is 1. The number of rotatable bonds is 4. The van der Waals surface area contributed by atoms with Crippen molar-refractivity contribution in [3.63, 3.8) is 0 Å². The minimum Gasteiger partial charge on any atom is -0.396 e. The van der Waals surface area contributed by atoms with Crippen LogP contribution < -0.4 is 10.6 Å². The number of aliphatic hydroxyl groups is 1. The molecule has 0 radical (unpaired) electrons. The zero-order chi connectivity index (χ0) is 18.0. The van der Waals surface area contributed by atoms with Gasteiger partial charge in [-0.05, 0) is 38.0 Å². The lowest BCUT2D eigenvalue weighted by atomic mass is 9.86. The molecule has 0 spiro atoms. The molecular weight excluding hydrogens is 323 g/mol. The number of amides is 2. The lowest BCUT2D eigenvalue weighted by Gasteiger charge is -2.29. The van der Waals surface area contributed by atoms with Crippen LogP contribution in [0.1, 0.15) is 31.9 Å². The summed E-state index contributed by atoms with van der Waals surface area (Å²) in [5, 5.41) is 19.5. The van der Waals surface area contributed by atoms with Gasteiger partial charge in [0, 0.05) is 23.2 Å². The maximum Gasteiger partial charge on any atom is 0.320 e. The van der Waals surface area contributed by atoms with Gasteiger partial charge in [0.2, 0.25) is 0 Å². The van der Waals surface area contributed by atoms with Crippen LogP contribution in [-0.4, -0.2) is 33.6 Å². The number of carbonyl (C=O) groups is 1. The second-order valence-electron chi connectivity index (χ2n) is 6.92. The Labute approximate surface area is 146 Å². The molecule has 2 atom stereocenters. The molecule has 2 unspecified atom stereocenters. The highest BCUT2D eigenvalue weighted by Gasteiger charge is 2.39. The zero-order valence-corrected chi connectivity index (χ0v) is 14.4. The van der Waals surface area contributed by atoms with Crippen LogP contribution in [0.2, 0.25) is 0 Å². The minimum absolute atomic E-state index is 0.0469. The molecule has 6 nitrogen and oxygen atoms in total. The number of nitrogens with one attached hydrogen (secondary N) is 2. The molecule has 3 N–H and O–H groups in total. The van der Waals surface area contributed by atoms with Crippen LogP contribution in [-0.2, 0) is 0 Å². The number of urea groups is 1. The minimum atomic E-state index is -0.351. The van der Waals surface area contributed by atoms with Gasteiger partial charge in [-0.2, -0.15) is 0 Å². The lowest BCUT2D eigenvalue weighted by molar-refractivity contribution is 0.122. The van der Waals surface area contributed by atoms with Gasteiger partial charge >= 0.3 is 6.03 Å². The van der Waals surface area contributed by atoms with E-state index in [4.69, 9.17) is 0 Å². The molecule has 0 aliphatic heterocycles. The number of hydrogen-bond acceptors (Lipinski definition) is 3. The fraction of sp³-hybridized carbons (Fsp3) is 0.444. The summed E-state index contributed by atoms with van der Waals surface area (Å²) in [5.41, 5.74) is 1.09. The highest BCUT2D eigenvalue weighted by atomic mass is 19.1. The third kappa shape index (κ3) is 3.66. The number of nitrogens with zero attached hydrogens (tertiary/aromatic N) is 2. The van der Waals surface area contributed by atoms with E-state index in [-0.39, 0.29) is 29.9 Å². The van der Waals surface area contributed by atoms with E-state index in [0.717, 1.165) is 25.0 Å². The lowest BCUT2D eigenvalue weighted by Crippen LogP contribution is -2.46. The standard InChI is InChI=1S/C18H23FN4O2/c1-12-9-16(22-23(12)14-6-3-5-13(19)10-14)21-17(25)20-15-7-4-8-18(15,2)11-24/h3,5-6,9-10,15,24H,4,7-8,11H2,1-2H3,(H2,20,21,22,25). The molecule has 2 aromatic rings. The SMILES string of the molecule is Cc1cc(NC(=O)NC2CCCC2(C)CO)nn1-c1cccc(F)c1. The molecule has 3 rings (SSSR count). The van der Waals surface area contributed by atoms with Gasteiger partial charge in [-0.3, -0.25) is 5.32 Å².